The van der Waals surface area contributed by atoms with Gasteiger partial charge >= 0.3 is 5.97 Å². The standard InChI is InChI=1S/C31H38N4O7S/c1-5-26-21-32-30(42-26)27-20-24(10-13-28(27)41-19-18-40-4)7-6-23-8-11-25(12-9-23)34-14-16-35(17-15-34)43(38,39)33-29(22(2)3)31(36)37/h8-13,20-22,29,33H,5,14-19H2,1-4H3,(H,36,37)/t29-/m1/s1. The topological polar surface area (TPSA) is 134 Å². The summed E-state index contributed by atoms with van der Waals surface area (Å²) in [6, 6.07) is 12.2. The summed E-state index contributed by atoms with van der Waals surface area (Å²) < 4.78 is 46.0. The van der Waals surface area contributed by atoms with E-state index in [0.717, 1.165) is 34.6 Å². The maximum absolute atomic E-state index is 12.8. The lowest BCUT2D eigenvalue weighted by Gasteiger charge is -2.36. The summed E-state index contributed by atoms with van der Waals surface area (Å²) in [5.74, 6) is 6.73. The lowest BCUT2D eigenvalue weighted by Crippen LogP contribution is -2.55. The maximum atomic E-state index is 12.8. The number of piperazine rings is 1. The number of nitrogens with zero attached hydrogens (tertiary/aromatic N) is 3. The van der Waals surface area contributed by atoms with Crippen molar-refractivity contribution in [2.45, 2.75) is 33.2 Å². The van der Waals surface area contributed by atoms with Crippen LogP contribution in [0.15, 0.2) is 53.1 Å². The minimum absolute atomic E-state index is 0.249. The molecular formula is C31H38N4O7S. The Morgan fingerprint density at radius 3 is 2.35 bits per heavy atom. The van der Waals surface area contributed by atoms with Crippen LogP contribution in [0.1, 0.15) is 37.7 Å². The first-order chi connectivity index (χ1) is 20.6. The lowest BCUT2D eigenvalue weighted by atomic mass is 10.1. The molecule has 3 aromatic rings. The van der Waals surface area contributed by atoms with Crippen LogP contribution in [0.5, 0.6) is 5.75 Å². The van der Waals surface area contributed by atoms with Gasteiger partial charge in [-0.2, -0.15) is 17.4 Å². The lowest BCUT2D eigenvalue weighted by molar-refractivity contribution is -0.140. The molecule has 4 rings (SSSR count). The molecule has 0 bridgehead atoms. The Morgan fingerprint density at radius 2 is 1.74 bits per heavy atom. The van der Waals surface area contributed by atoms with Crippen molar-refractivity contribution >= 4 is 21.9 Å². The summed E-state index contributed by atoms with van der Waals surface area (Å²) in [6.45, 7) is 7.65. The molecule has 43 heavy (non-hydrogen) atoms. The molecule has 1 atom stereocenters. The molecular weight excluding hydrogens is 572 g/mol. The van der Waals surface area contributed by atoms with Gasteiger partial charge in [-0.3, -0.25) is 4.79 Å². The molecule has 1 fully saturated rings. The summed E-state index contributed by atoms with van der Waals surface area (Å²) >= 11 is 0. The zero-order valence-electron chi connectivity index (χ0n) is 24.9. The van der Waals surface area contributed by atoms with Crippen molar-refractivity contribution in [3.8, 4) is 29.0 Å². The molecule has 2 N–H and O–H groups in total. The molecule has 1 aliphatic rings. The maximum Gasteiger partial charge on any atom is 0.322 e. The Hall–Kier alpha value is -3.89. The van der Waals surface area contributed by atoms with Crippen molar-refractivity contribution in [1.82, 2.24) is 14.0 Å². The highest BCUT2D eigenvalue weighted by Gasteiger charge is 2.33. The molecule has 0 radical (unpaired) electrons. The first-order valence-electron chi connectivity index (χ1n) is 14.2. The van der Waals surface area contributed by atoms with E-state index >= 15 is 0 Å². The van der Waals surface area contributed by atoms with E-state index in [0.29, 0.717) is 37.9 Å². The highest BCUT2D eigenvalue weighted by molar-refractivity contribution is 7.87. The zero-order valence-corrected chi connectivity index (χ0v) is 25.7. The van der Waals surface area contributed by atoms with Gasteiger partial charge in [0.05, 0.1) is 18.4 Å². The van der Waals surface area contributed by atoms with Crippen molar-refractivity contribution in [3.05, 3.63) is 65.5 Å². The van der Waals surface area contributed by atoms with Crippen LogP contribution in [0.25, 0.3) is 11.5 Å². The van der Waals surface area contributed by atoms with Crippen molar-refractivity contribution in [1.29, 1.82) is 0 Å². The fourth-order valence-corrected chi connectivity index (χ4v) is 6.01. The van der Waals surface area contributed by atoms with Gasteiger partial charge < -0.3 is 23.9 Å². The summed E-state index contributed by atoms with van der Waals surface area (Å²) in [6.07, 6.45) is 2.45. The van der Waals surface area contributed by atoms with Gasteiger partial charge in [-0.25, -0.2) is 4.98 Å². The van der Waals surface area contributed by atoms with E-state index in [4.69, 9.17) is 13.9 Å². The Morgan fingerprint density at radius 1 is 1.07 bits per heavy atom. The Kier molecular flexibility index (Phi) is 10.8. The number of hydrogen-bond donors (Lipinski definition) is 2. The molecule has 12 heteroatoms. The predicted octanol–water partition coefficient (Wildman–Crippen LogP) is 3.39. The molecule has 1 aromatic heterocycles. The van der Waals surface area contributed by atoms with E-state index in [2.05, 4.69) is 26.4 Å². The third kappa shape index (κ3) is 8.36. The van der Waals surface area contributed by atoms with Crippen molar-refractivity contribution in [2.24, 2.45) is 5.92 Å². The average molecular weight is 611 g/mol. The minimum Gasteiger partial charge on any atom is -0.490 e. The van der Waals surface area contributed by atoms with Gasteiger partial charge in [-0.05, 0) is 48.4 Å². The van der Waals surface area contributed by atoms with Crippen LogP contribution in [0.2, 0.25) is 0 Å². The number of methoxy groups -OCH3 is 1. The van der Waals surface area contributed by atoms with Crippen LogP contribution in [0.3, 0.4) is 0 Å². The minimum atomic E-state index is -3.91. The Labute approximate surface area is 253 Å². The van der Waals surface area contributed by atoms with E-state index in [-0.39, 0.29) is 19.0 Å². The molecule has 230 valence electrons. The number of nitrogens with one attached hydrogen (secondary N) is 1. The number of carboxylic acids is 1. The van der Waals surface area contributed by atoms with E-state index in [1.165, 1.54) is 4.31 Å². The van der Waals surface area contributed by atoms with Crippen LogP contribution < -0.4 is 14.4 Å². The predicted molar refractivity (Wildman–Crippen MR) is 163 cm³/mol. The van der Waals surface area contributed by atoms with Crippen molar-refractivity contribution in [3.63, 3.8) is 0 Å². The third-order valence-electron chi connectivity index (χ3n) is 7.03. The number of benzene rings is 2. The van der Waals surface area contributed by atoms with Crippen LogP contribution in [0, 0.1) is 17.8 Å². The fraction of sp³-hybridized carbons (Fsp3) is 0.419. The number of aliphatic carboxylic acids is 1. The number of anilines is 1. The highest BCUT2D eigenvalue weighted by atomic mass is 32.2. The average Bonchev–Trinajstić information content (AvgIpc) is 3.49. The Balaban J connectivity index is 1.41. The number of carboxylic acid groups (broad SMARTS) is 1. The zero-order chi connectivity index (χ0) is 31.0. The number of carbonyl (C=O) groups is 1. The van der Waals surface area contributed by atoms with Crippen LogP contribution >= 0.6 is 0 Å². The smallest absolute Gasteiger partial charge is 0.322 e. The Bertz CT molecular complexity index is 1550. The fourth-order valence-electron chi connectivity index (χ4n) is 4.52. The summed E-state index contributed by atoms with van der Waals surface area (Å²) in [7, 11) is -2.29. The molecule has 0 amide bonds. The molecule has 0 aliphatic carbocycles. The van der Waals surface area contributed by atoms with Gasteiger partial charge in [-0.15, -0.1) is 0 Å². The SMILES string of the molecule is CCc1cnc(-c2cc(C#Cc3ccc(N4CCN(S(=O)(=O)N[C@@H](C(=O)O)C(C)C)CC4)cc3)ccc2OCCOC)o1. The summed E-state index contributed by atoms with van der Waals surface area (Å²) in [5, 5.41) is 9.36. The normalized spacial score (nSPS) is 14.8. The van der Waals surface area contributed by atoms with Crippen LogP contribution in [-0.4, -0.2) is 81.3 Å². The molecule has 1 saturated heterocycles. The molecule has 2 aromatic carbocycles. The van der Waals surface area contributed by atoms with Gasteiger partial charge in [0, 0.05) is 56.5 Å². The van der Waals surface area contributed by atoms with Crippen molar-refractivity contribution in [2.75, 3.05) is 51.4 Å². The van der Waals surface area contributed by atoms with Gasteiger partial charge in [0.2, 0.25) is 5.89 Å². The largest absolute Gasteiger partial charge is 0.490 e. The molecule has 0 saturated carbocycles. The number of rotatable bonds is 12. The van der Waals surface area contributed by atoms with Gasteiger partial charge in [0.15, 0.2) is 0 Å². The summed E-state index contributed by atoms with van der Waals surface area (Å²) in [4.78, 5) is 18.0. The van der Waals surface area contributed by atoms with E-state index in [1.54, 1.807) is 27.2 Å². The van der Waals surface area contributed by atoms with Crippen LogP contribution in [-0.2, 0) is 26.2 Å². The molecule has 1 aliphatic heterocycles. The van der Waals surface area contributed by atoms with E-state index in [9.17, 15) is 18.3 Å². The number of ether oxygens (including phenoxy) is 2. The quantitative estimate of drug-likeness (QED) is 0.234. The van der Waals surface area contributed by atoms with Crippen LogP contribution in [0.4, 0.5) is 5.69 Å². The van der Waals surface area contributed by atoms with Gasteiger partial charge in [-0.1, -0.05) is 32.6 Å². The summed E-state index contributed by atoms with van der Waals surface area (Å²) in [5.41, 5.74) is 3.28. The highest BCUT2D eigenvalue weighted by Crippen LogP contribution is 2.31. The van der Waals surface area contributed by atoms with Gasteiger partial charge in [0.25, 0.3) is 10.2 Å². The number of aromatic nitrogens is 1. The third-order valence-corrected chi connectivity index (χ3v) is 8.62. The molecule has 2 heterocycles. The first kappa shape index (κ1) is 32.0. The number of hydrogen-bond acceptors (Lipinski definition) is 8. The molecule has 11 nitrogen and oxygen atoms in total. The van der Waals surface area contributed by atoms with Crippen molar-refractivity contribution < 1.29 is 32.2 Å². The number of oxazole rings is 1. The second-order valence-electron chi connectivity index (χ2n) is 10.4. The monoisotopic (exact) mass is 610 g/mol. The van der Waals surface area contributed by atoms with Gasteiger partial charge in [0.1, 0.15) is 24.2 Å². The van der Waals surface area contributed by atoms with E-state index < -0.39 is 22.2 Å². The first-order valence-corrected chi connectivity index (χ1v) is 15.6. The second kappa shape index (κ2) is 14.5. The van der Waals surface area contributed by atoms with E-state index in [1.807, 2.05) is 49.4 Å². The number of aryl methyl sites for hydroxylation is 1. The molecule has 0 unspecified atom stereocenters. The molecule has 0 spiro atoms. The second-order valence-corrected chi connectivity index (χ2v) is 12.1.